The number of thiophene rings is 1. The number of fused-ring (bicyclic) bond motifs is 1. The lowest BCUT2D eigenvalue weighted by molar-refractivity contribution is 0.821. The first-order valence-corrected chi connectivity index (χ1v) is 13.2. The van der Waals surface area contributed by atoms with Gasteiger partial charge in [0, 0.05) is 20.7 Å². The number of aryl methyl sites for hydroxylation is 3. The maximum atomic E-state index is 13.7. The topological polar surface area (TPSA) is 34.9 Å². The van der Waals surface area contributed by atoms with Crippen LogP contribution in [0.5, 0.6) is 0 Å². The molecule has 0 saturated heterocycles. The average molecular weight is 504 g/mol. The van der Waals surface area contributed by atoms with Crippen LogP contribution in [0, 0.1) is 6.92 Å². The van der Waals surface area contributed by atoms with E-state index in [2.05, 4.69) is 26.0 Å². The Kier molecular flexibility index (Phi) is 7.30. The minimum Gasteiger partial charge on any atom is -0.268 e. The summed E-state index contributed by atoms with van der Waals surface area (Å²) in [7, 11) is 0. The lowest BCUT2D eigenvalue weighted by Crippen LogP contribution is -2.21. The number of aromatic nitrogens is 2. The Morgan fingerprint density at radius 2 is 1.84 bits per heavy atom. The van der Waals surface area contributed by atoms with Gasteiger partial charge in [-0.1, -0.05) is 73.4 Å². The van der Waals surface area contributed by atoms with Crippen molar-refractivity contribution in [3.05, 3.63) is 84.4 Å². The van der Waals surface area contributed by atoms with Crippen molar-refractivity contribution in [2.24, 2.45) is 0 Å². The Bertz CT molecular complexity index is 1330. The van der Waals surface area contributed by atoms with E-state index >= 15 is 0 Å². The lowest BCUT2D eigenvalue weighted by Gasteiger charge is -2.13. The molecular weight excluding hydrogens is 479 g/mol. The molecule has 7 heteroatoms. The van der Waals surface area contributed by atoms with Crippen LogP contribution in [-0.4, -0.2) is 9.55 Å². The van der Waals surface area contributed by atoms with Crippen LogP contribution in [0.25, 0.3) is 15.9 Å². The minimum absolute atomic E-state index is 0.0138. The number of hydrogen-bond acceptors (Lipinski definition) is 4. The van der Waals surface area contributed by atoms with E-state index in [1.54, 1.807) is 22.0 Å². The molecule has 0 N–H and O–H groups in total. The molecule has 0 amide bonds. The highest BCUT2D eigenvalue weighted by molar-refractivity contribution is 7.98. The lowest BCUT2D eigenvalue weighted by atomic mass is 10.1. The summed E-state index contributed by atoms with van der Waals surface area (Å²) in [6.45, 7) is 6.32. The predicted octanol–water partition coefficient (Wildman–Crippen LogP) is 7.87. The molecule has 0 spiro atoms. The zero-order valence-corrected chi connectivity index (χ0v) is 21.4. The highest BCUT2D eigenvalue weighted by Gasteiger charge is 2.19. The van der Waals surface area contributed by atoms with E-state index < -0.39 is 0 Å². The van der Waals surface area contributed by atoms with Crippen molar-refractivity contribution in [2.75, 3.05) is 0 Å². The van der Waals surface area contributed by atoms with Crippen molar-refractivity contribution in [1.29, 1.82) is 0 Å². The molecule has 0 atom stereocenters. The first-order chi connectivity index (χ1) is 15.4. The zero-order chi connectivity index (χ0) is 22.8. The molecule has 4 aromatic rings. The van der Waals surface area contributed by atoms with Crippen molar-refractivity contribution in [2.45, 2.75) is 50.9 Å². The number of hydrogen-bond donors (Lipinski definition) is 0. The Labute approximate surface area is 206 Å². The van der Waals surface area contributed by atoms with Gasteiger partial charge in [-0.05, 0) is 60.7 Å². The Balaban J connectivity index is 1.85. The largest absolute Gasteiger partial charge is 0.268 e. The Morgan fingerprint density at radius 1 is 1.09 bits per heavy atom. The van der Waals surface area contributed by atoms with E-state index in [1.807, 2.05) is 31.2 Å². The zero-order valence-electron chi connectivity index (χ0n) is 18.2. The summed E-state index contributed by atoms with van der Waals surface area (Å²) >= 11 is 15.6. The molecule has 0 unspecified atom stereocenters. The maximum Gasteiger partial charge on any atom is 0.267 e. The third-order valence-electron chi connectivity index (χ3n) is 5.48. The van der Waals surface area contributed by atoms with Gasteiger partial charge < -0.3 is 0 Å². The first-order valence-electron chi connectivity index (χ1n) is 10.6. The van der Waals surface area contributed by atoms with Crippen LogP contribution in [0.15, 0.2) is 52.4 Å². The summed E-state index contributed by atoms with van der Waals surface area (Å²) in [5, 5.41) is 2.62. The molecule has 0 fully saturated rings. The fourth-order valence-corrected chi connectivity index (χ4v) is 6.55. The van der Waals surface area contributed by atoms with Crippen LogP contribution in [0.1, 0.15) is 41.8 Å². The van der Waals surface area contributed by atoms with Gasteiger partial charge in [-0.3, -0.25) is 9.36 Å². The van der Waals surface area contributed by atoms with Gasteiger partial charge in [-0.25, -0.2) is 4.98 Å². The van der Waals surface area contributed by atoms with Gasteiger partial charge in [0.2, 0.25) is 0 Å². The normalized spacial score (nSPS) is 11.4. The molecule has 0 aliphatic rings. The van der Waals surface area contributed by atoms with Gasteiger partial charge in [-0.2, -0.15) is 0 Å². The first kappa shape index (κ1) is 23.4. The molecule has 0 saturated carbocycles. The highest BCUT2D eigenvalue weighted by Crippen LogP contribution is 2.33. The van der Waals surface area contributed by atoms with Crippen LogP contribution in [-0.2, 0) is 18.6 Å². The summed E-state index contributed by atoms with van der Waals surface area (Å²) in [6.07, 6.45) is 2.95. The quantitative estimate of drug-likeness (QED) is 0.190. The summed E-state index contributed by atoms with van der Waals surface area (Å²) in [5.74, 6) is 0.590. The summed E-state index contributed by atoms with van der Waals surface area (Å²) < 4.78 is 1.74. The predicted molar refractivity (Wildman–Crippen MR) is 139 cm³/mol. The van der Waals surface area contributed by atoms with Crippen molar-refractivity contribution < 1.29 is 0 Å². The van der Waals surface area contributed by atoms with E-state index in [1.165, 1.54) is 22.2 Å². The minimum atomic E-state index is -0.0138. The molecule has 3 nitrogen and oxygen atoms in total. The van der Waals surface area contributed by atoms with Crippen LogP contribution < -0.4 is 5.56 Å². The molecular formula is C25H24Cl2N2OS2. The second kappa shape index (κ2) is 10.0. The third kappa shape index (κ3) is 4.62. The van der Waals surface area contributed by atoms with Crippen molar-refractivity contribution >= 4 is 56.5 Å². The van der Waals surface area contributed by atoms with Crippen molar-refractivity contribution in [3.8, 4) is 5.69 Å². The monoisotopic (exact) mass is 502 g/mol. The SMILES string of the molecule is CCCc1sc2nc(SCc3ccc(Cl)cc3Cl)n(-c3ccc(CC)cc3)c(=O)c2c1C. The average Bonchev–Trinajstić information content (AvgIpc) is 3.09. The summed E-state index contributed by atoms with van der Waals surface area (Å²) in [5.41, 5.74) is 4.06. The van der Waals surface area contributed by atoms with E-state index in [4.69, 9.17) is 28.2 Å². The number of thioether (sulfide) groups is 1. The van der Waals surface area contributed by atoms with Crippen molar-refractivity contribution in [1.82, 2.24) is 9.55 Å². The van der Waals surface area contributed by atoms with Crippen LogP contribution in [0.2, 0.25) is 10.0 Å². The van der Waals surface area contributed by atoms with Crippen LogP contribution >= 0.6 is 46.3 Å². The molecule has 0 bridgehead atoms. The smallest absolute Gasteiger partial charge is 0.267 e. The number of halogens is 2. The third-order valence-corrected chi connectivity index (χ3v) is 8.30. The van der Waals surface area contributed by atoms with Crippen molar-refractivity contribution in [3.63, 3.8) is 0 Å². The van der Waals surface area contributed by atoms with Gasteiger partial charge >= 0.3 is 0 Å². The molecule has 166 valence electrons. The second-order valence-electron chi connectivity index (χ2n) is 7.66. The highest BCUT2D eigenvalue weighted by atomic mass is 35.5. The molecule has 0 aliphatic carbocycles. The summed E-state index contributed by atoms with van der Waals surface area (Å²) in [4.78, 5) is 20.7. The van der Waals surface area contributed by atoms with Crippen LogP contribution in [0.4, 0.5) is 0 Å². The fourth-order valence-electron chi connectivity index (χ4n) is 3.66. The molecule has 4 rings (SSSR count). The van der Waals surface area contributed by atoms with E-state index in [0.717, 1.165) is 46.3 Å². The molecule has 0 aliphatic heterocycles. The number of rotatable bonds is 7. The molecule has 32 heavy (non-hydrogen) atoms. The van der Waals surface area contributed by atoms with Crippen LogP contribution in [0.3, 0.4) is 0 Å². The maximum absolute atomic E-state index is 13.7. The summed E-state index contributed by atoms with van der Waals surface area (Å²) in [6, 6.07) is 13.6. The van der Waals surface area contributed by atoms with Gasteiger partial charge in [0.25, 0.3) is 5.56 Å². The van der Waals surface area contributed by atoms with Gasteiger partial charge in [0.05, 0.1) is 11.1 Å². The fraction of sp³-hybridized carbons (Fsp3) is 0.280. The van der Waals surface area contributed by atoms with E-state index in [-0.39, 0.29) is 5.56 Å². The standard InChI is InChI=1S/C25H24Cl2N2OS2/c1-4-6-21-15(3)22-23(32-21)28-25(31-14-17-9-10-18(26)13-20(17)27)29(24(22)30)19-11-7-16(5-2)8-12-19/h7-13H,4-6,14H2,1-3H3. The molecule has 2 aromatic carbocycles. The van der Waals surface area contributed by atoms with Gasteiger partial charge in [-0.15, -0.1) is 11.3 Å². The number of nitrogens with zero attached hydrogens (tertiary/aromatic N) is 2. The molecule has 2 aromatic heterocycles. The van der Waals surface area contributed by atoms with E-state index in [0.29, 0.717) is 21.0 Å². The second-order valence-corrected chi connectivity index (χ2v) is 10.5. The Hall–Kier alpha value is -1.79. The molecule has 2 heterocycles. The van der Waals surface area contributed by atoms with Gasteiger partial charge in [0.1, 0.15) is 4.83 Å². The molecule has 0 radical (unpaired) electrons. The van der Waals surface area contributed by atoms with E-state index in [9.17, 15) is 4.79 Å². The Morgan fingerprint density at radius 3 is 2.50 bits per heavy atom. The van der Waals surface area contributed by atoms with Gasteiger partial charge in [0.15, 0.2) is 5.16 Å². The number of benzene rings is 2.